The molecule has 198 valence electrons. The van der Waals surface area contributed by atoms with Gasteiger partial charge in [0.05, 0.1) is 36.8 Å². The number of carbonyl (C=O) groups excluding carboxylic acids is 1. The molecule has 0 aliphatic heterocycles. The molecule has 4 aromatic rings. The van der Waals surface area contributed by atoms with E-state index in [1.165, 1.54) is 57.7 Å². The Morgan fingerprint density at radius 3 is 2.11 bits per heavy atom. The highest BCUT2D eigenvalue weighted by Crippen LogP contribution is 2.41. The third-order valence-electron chi connectivity index (χ3n) is 5.24. The summed E-state index contributed by atoms with van der Waals surface area (Å²) in [5.41, 5.74) is -1.51. The number of para-hydroxylation sites is 1. The van der Waals surface area contributed by atoms with Crippen molar-refractivity contribution in [3.8, 4) is 34.5 Å². The molecule has 8 nitrogen and oxygen atoms in total. The summed E-state index contributed by atoms with van der Waals surface area (Å²) in [6.45, 7) is 0. The third-order valence-corrected chi connectivity index (χ3v) is 5.89. The summed E-state index contributed by atoms with van der Waals surface area (Å²) in [6, 6.07) is 12.2. The van der Waals surface area contributed by atoms with Gasteiger partial charge in [-0.05, 0) is 52.3 Å². The van der Waals surface area contributed by atoms with Crippen molar-refractivity contribution >= 4 is 32.9 Å². The highest BCUT2D eigenvalue weighted by Gasteiger charge is 2.40. The normalized spacial score (nSPS) is 11.2. The maximum atomic E-state index is 13.9. The summed E-state index contributed by atoms with van der Waals surface area (Å²) in [5.74, 6) is -3.10. The second-order valence-electron chi connectivity index (χ2n) is 7.58. The molecule has 1 aromatic heterocycles. The second-order valence-corrected chi connectivity index (χ2v) is 8.44. The van der Waals surface area contributed by atoms with E-state index >= 15 is 0 Å². The van der Waals surface area contributed by atoms with Crippen molar-refractivity contribution in [3.05, 3.63) is 80.6 Å². The number of fused-ring (bicyclic) bond motifs is 1. The molecule has 0 aliphatic carbocycles. The Morgan fingerprint density at radius 2 is 1.53 bits per heavy atom. The molecular weight excluding hydrogens is 577 g/mol. The Labute approximate surface area is 221 Å². The molecule has 0 atom stereocenters. The number of esters is 1. The fraction of sp³-hybridized carbons (Fsp3) is 0.154. The first-order valence-corrected chi connectivity index (χ1v) is 11.5. The number of alkyl halides is 3. The number of methoxy groups -OCH3 is 3. The molecule has 0 unspecified atom stereocenters. The van der Waals surface area contributed by atoms with Crippen LogP contribution in [0, 0.1) is 0 Å². The van der Waals surface area contributed by atoms with Gasteiger partial charge in [0.2, 0.25) is 16.9 Å². The van der Waals surface area contributed by atoms with E-state index in [0.717, 1.165) is 6.07 Å². The van der Waals surface area contributed by atoms with Crippen molar-refractivity contribution in [1.82, 2.24) is 0 Å². The fourth-order valence-electron chi connectivity index (χ4n) is 3.50. The lowest BCUT2D eigenvalue weighted by Gasteiger charge is -2.15. The average Bonchev–Trinajstić information content (AvgIpc) is 2.89. The lowest BCUT2D eigenvalue weighted by molar-refractivity contribution is -0.154. The number of rotatable bonds is 7. The Bertz CT molecular complexity index is 1550. The van der Waals surface area contributed by atoms with Crippen LogP contribution in [0.3, 0.4) is 0 Å². The minimum atomic E-state index is -5.06. The molecule has 0 spiro atoms. The lowest BCUT2D eigenvalue weighted by atomic mass is 10.1. The van der Waals surface area contributed by atoms with E-state index in [0.29, 0.717) is 4.47 Å². The monoisotopic (exact) mass is 594 g/mol. The molecule has 0 fully saturated rings. The second kappa shape index (κ2) is 10.7. The van der Waals surface area contributed by atoms with E-state index in [9.17, 15) is 22.8 Å². The zero-order valence-electron chi connectivity index (χ0n) is 20.0. The van der Waals surface area contributed by atoms with Gasteiger partial charge < -0.3 is 28.1 Å². The first kappa shape index (κ1) is 26.9. The molecule has 3 aromatic carbocycles. The molecular formula is C26H18BrF3O8. The summed E-state index contributed by atoms with van der Waals surface area (Å²) in [7, 11) is 4.13. The van der Waals surface area contributed by atoms with E-state index in [4.69, 9.17) is 28.1 Å². The largest absolute Gasteiger partial charge is 0.493 e. The molecule has 38 heavy (non-hydrogen) atoms. The van der Waals surface area contributed by atoms with Crippen LogP contribution < -0.4 is 29.1 Å². The highest BCUT2D eigenvalue weighted by atomic mass is 79.9. The van der Waals surface area contributed by atoms with E-state index in [1.54, 1.807) is 12.1 Å². The van der Waals surface area contributed by atoms with Crippen LogP contribution >= 0.6 is 15.9 Å². The zero-order chi connectivity index (χ0) is 27.6. The minimum Gasteiger partial charge on any atom is -0.493 e. The maximum Gasteiger partial charge on any atom is 0.453 e. The summed E-state index contributed by atoms with van der Waals surface area (Å²) >= 11 is 3.17. The smallest absolute Gasteiger partial charge is 0.453 e. The standard InChI is InChI=1S/C26H18BrF3O8/c1-33-19-10-13(11-20(34-2)22(19)35-3)25(32)36-14-8-9-15-18(12-14)38-24(26(28,29)30)23(21(15)31)37-17-7-5-4-6-16(17)27/h4-12H,1-3H3. The number of carbonyl (C=O) groups is 1. The average molecular weight is 595 g/mol. The van der Waals surface area contributed by atoms with Crippen LogP contribution in [0.25, 0.3) is 11.0 Å². The molecule has 0 saturated heterocycles. The summed E-state index contributed by atoms with van der Waals surface area (Å²) in [6.07, 6.45) is -5.06. The molecule has 0 radical (unpaired) electrons. The molecule has 0 N–H and O–H groups in total. The van der Waals surface area contributed by atoms with Crippen LogP contribution in [0.5, 0.6) is 34.5 Å². The number of ether oxygens (including phenoxy) is 5. The van der Waals surface area contributed by atoms with Crippen LogP contribution in [0.4, 0.5) is 13.2 Å². The maximum absolute atomic E-state index is 13.9. The van der Waals surface area contributed by atoms with E-state index < -0.39 is 34.7 Å². The van der Waals surface area contributed by atoms with Crippen LogP contribution in [0.2, 0.25) is 0 Å². The molecule has 0 amide bonds. The Morgan fingerprint density at radius 1 is 0.868 bits per heavy atom. The lowest BCUT2D eigenvalue weighted by Crippen LogP contribution is -2.16. The van der Waals surface area contributed by atoms with E-state index in [2.05, 4.69) is 15.9 Å². The van der Waals surface area contributed by atoms with Crippen molar-refractivity contribution < 1.29 is 46.1 Å². The Hall–Kier alpha value is -4.19. The number of halogens is 4. The Kier molecular flexibility index (Phi) is 7.53. The highest BCUT2D eigenvalue weighted by molar-refractivity contribution is 9.10. The van der Waals surface area contributed by atoms with Crippen molar-refractivity contribution in [2.24, 2.45) is 0 Å². The SMILES string of the molecule is COc1cc(C(=O)Oc2ccc3c(=O)c(Oc4ccccc4Br)c(C(F)(F)F)oc3c2)cc(OC)c1OC. The zero-order valence-corrected chi connectivity index (χ0v) is 21.6. The molecule has 0 saturated carbocycles. The molecule has 12 heteroatoms. The van der Waals surface area contributed by atoms with Crippen molar-refractivity contribution in [2.75, 3.05) is 21.3 Å². The van der Waals surface area contributed by atoms with Crippen molar-refractivity contribution in [1.29, 1.82) is 0 Å². The van der Waals surface area contributed by atoms with Gasteiger partial charge in [-0.1, -0.05) is 12.1 Å². The first-order chi connectivity index (χ1) is 18.1. The van der Waals surface area contributed by atoms with Gasteiger partial charge in [0.15, 0.2) is 11.5 Å². The van der Waals surface area contributed by atoms with Gasteiger partial charge in [-0.2, -0.15) is 13.2 Å². The predicted molar refractivity (Wildman–Crippen MR) is 133 cm³/mol. The van der Waals surface area contributed by atoms with Gasteiger partial charge in [-0.25, -0.2) is 4.79 Å². The number of benzene rings is 3. The summed E-state index contributed by atoms with van der Waals surface area (Å²) < 4.78 is 73.2. The minimum absolute atomic E-state index is 0.00853. The van der Waals surface area contributed by atoms with Crippen molar-refractivity contribution in [3.63, 3.8) is 0 Å². The van der Waals surface area contributed by atoms with E-state index in [1.807, 2.05) is 0 Å². The molecule has 0 bridgehead atoms. The summed E-state index contributed by atoms with van der Waals surface area (Å²) in [5, 5.41) is -0.215. The molecule has 4 rings (SSSR count). The Balaban J connectivity index is 1.74. The number of hydrogen-bond acceptors (Lipinski definition) is 8. The van der Waals surface area contributed by atoms with Crippen LogP contribution in [0.15, 0.2) is 68.3 Å². The molecule has 1 heterocycles. The number of hydrogen-bond donors (Lipinski definition) is 0. The van der Waals surface area contributed by atoms with Crippen molar-refractivity contribution in [2.45, 2.75) is 6.18 Å². The van der Waals surface area contributed by atoms with Crippen LogP contribution in [-0.4, -0.2) is 27.3 Å². The quantitative estimate of drug-likeness (QED) is 0.174. The predicted octanol–water partition coefficient (Wildman–Crippen LogP) is 6.61. The van der Waals surface area contributed by atoms with Gasteiger partial charge in [0.1, 0.15) is 17.1 Å². The topological polar surface area (TPSA) is 93.4 Å². The summed E-state index contributed by atoms with van der Waals surface area (Å²) in [4.78, 5) is 25.8. The third kappa shape index (κ3) is 5.25. The fourth-order valence-corrected chi connectivity index (χ4v) is 3.87. The first-order valence-electron chi connectivity index (χ1n) is 10.7. The molecule has 0 aliphatic rings. The van der Waals surface area contributed by atoms with Crippen LogP contribution in [-0.2, 0) is 6.18 Å². The van der Waals surface area contributed by atoms with Crippen LogP contribution in [0.1, 0.15) is 16.1 Å². The van der Waals surface area contributed by atoms with Gasteiger partial charge >= 0.3 is 12.1 Å². The van der Waals surface area contributed by atoms with Gasteiger partial charge in [0.25, 0.3) is 5.76 Å². The van der Waals surface area contributed by atoms with Gasteiger partial charge in [-0.15, -0.1) is 0 Å². The van der Waals surface area contributed by atoms with Gasteiger partial charge in [-0.3, -0.25) is 4.79 Å². The van der Waals surface area contributed by atoms with Gasteiger partial charge in [0, 0.05) is 6.07 Å². The van der Waals surface area contributed by atoms with E-state index in [-0.39, 0.29) is 39.7 Å².